The zero-order chi connectivity index (χ0) is 17.1. The minimum atomic E-state index is 0.0428. The van der Waals surface area contributed by atoms with Crippen molar-refractivity contribution in [3.63, 3.8) is 0 Å². The van der Waals surface area contributed by atoms with Crippen LogP contribution in [-0.2, 0) is 22.5 Å². The van der Waals surface area contributed by atoms with Crippen molar-refractivity contribution in [3.05, 3.63) is 59.7 Å². The number of hydrogen-bond donors (Lipinski definition) is 1. The van der Waals surface area contributed by atoms with Crippen LogP contribution in [0.3, 0.4) is 0 Å². The van der Waals surface area contributed by atoms with Gasteiger partial charge in [0, 0.05) is 31.1 Å². The number of anilines is 2. The molecular formula is C21H24N2O2. The lowest BCUT2D eigenvalue weighted by molar-refractivity contribution is -0.118. The largest absolute Gasteiger partial charge is 0.378 e. The minimum Gasteiger partial charge on any atom is -0.378 e. The number of rotatable bonds is 5. The molecule has 0 aromatic heterocycles. The summed E-state index contributed by atoms with van der Waals surface area (Å²) in [5.74, 6) is 0.0428. The van der Waals surface area contributed by atoms with Gasteiger partial charge in [-0.1, -0.05) is 36.4 Å². The first-order valence-corrected chi connectivity index (χ1v) is 9.12. The van der Waals surface area contributed by atoms with Crippen molar-refractivity contribution in [1.29, 1.82) is 0 Å². The van der Waals surface area contributed by atoms with E-state index in [-0.39, 0.29) is 12.0 Å². The highest BCUT2D eigenvalue weighted by Crippen LogP contribution is 2.30. The van der Waals surface area contributed by atoms with Crippen LogP contribution in [0.15, 0.2) is 48.5 Å². The van der Waals surface area contributed by atoms with E-state index in [9.17, 15) is 4.79 Å². The average molecular weight is 336 g/mol. The minimum absolute atomic E-state index is 0.0428. The van der Waals surface area contributed by atoms with Gasteiger partial charge >= 0.3 is 0 Å². The lowest BCUT2D eigenvalue weighted by atomic mass is 10.1. The van der Waals surface area contributed by atoms with Gasteiger partial charge in [-0.25, -0.2) is 0 Å². The van der Waals surface area contributed by atoms with Crippen molar-refractivity contribution in [2.75, 3.05) is 23.4 Å². The lowest BCUT2D eigenvalue weighted by Gasteiger charge is -2.21. The molecule has 2 aliphatic rings. The molecule has 130 valence electrons. The number of carbonyl (C=O) groups excluding carboxylic acids is 1. The van der Waals surface area contributed by atoms with Crippen LogP contribution in [0.2, 0.25) is 0 Å². The van der Waals surface area contributed by atoms with Gasteiger partial charge in [-0.05, 0) is 42.5 Å². The third-order valence-electron chi connectivity index (χ3n) is 5.07. The van der Waals surface area contributed by atoms with Crippen LogP contribution >= 0.6 is 0 Å². The Morgan fingerprint density at radius 3 is 2.88 bits per heavy atom. The van der Waals surface area contributed by atoms with E-state index in [0.717, 1.165) is 50.2 Å². The molecule has 0 saturated carbocycles. The highest BCUT2D eigenvalue weighted by molar-refractivity contribution is 5.91. The van der Waals surface area contributed by atoms with Crippen LogP contribution in [0.5, 0.6) is 0 Å². The molecule has 1 amide bonds. The first kappa shape index (κ1) is 16.2. The molecule has 4 rings (SSSR count). The van der Waals surface area contributed by atoms with Gasteiger partial charge in [-0.3, -0.25) is 4.79 Å². The molecule has 1 fully saturated rings. The molecule has 1 N–H and O–H groups in total. The maximum atomic E-state index is 12.4. The van der Waals surface area contributed by atoms with Crippen molar-refractivity contribution in [2.45, 2.75) is 38.3 Å². The molecule has 0 aliphatic carbocycles. The molecule has 0 radical (unpaired) electrons. The summed E-state index contributed by atoms with van der Waals surface area (Å²) in [5.41, 5.74) is 4.78. The Morgan fingerprint density at radius 1 is 1.16 bits per heavy atom. The number of amides is 1. The van der Waals surface area contributed by atoms with Crippen LogP contribution in [0.25, 0.3) is 0 Å². The first-order chi connectivity index (χ1) is 12.3. The molecular weight excluding hydrogens is 312 g/mol. The number of nitrogens with one attached hydrogen (secondary N) is 1. The fourth-order valence-electron chi connectivity index (χ4n) is 3.77. The predicted octanol–water partition coefficient (Wildman–Crippen LogP) is 3.76. The molecule has 4 nitrogen and oxygen atoms in total. The van der Waals surface area contributed by atoms with Crippen LogP contribution in [0.1, 0.15) is 30.4 Å². The molecule has 0 unspecified atom stereocenters. The summed E-state index contributed by atoms with van der Waals surface area (Å²) in [6.07, 6.45) is 3.66. The monoisotopic (exact) mass is 336 g/mol. The quantitative estimate of drug-likeness (QED) is 0.904. The Morgan fingerprint density at radius 2 is 2.00 bits per heavy atom. The first-order valence-electron chi connectivity index (χ1n) is 9.12. The Bertz CT molecular complexity index is 753. The van der Waals surface area contributed by atoms with Gasteiger partial charge in [0.05, 0.1) is 12.5 Å². The summed E-state index contributed by atoms with van der Waals surface area (Å²) in [6, 6.07) is 16.7. The Balaban J connectivity index is 1.45. The summed E-state index contributed by atoms with van der Waals surface area (Å²) in [6.45, 7) is 2.62. The van der Waals surface area contributed by atoms with Gasteiger partial charge in [-0.2, -0.15) is 0 Å². The van der Waals surface area contributed by atoms with E-state index < -0.39 is 0 Å². The zero-order valence-corrected chi connectivity index (χ0v) is 14.4. The number of carbonyl (C=O) groups is 1. The fraction of sp³-hybridized carbons (Fsp3) is 0.381. The average Bonchev–Trinajstić information content (AvgIpc) is 3.27. The Hall–Kier alpha value is -2.33. The van der Waals surface area contributed by atoms with Crippen molar-refractivity contribution < 1.29 is 9.53 Å². The van der Waals surface area contributed by atoms with Crippen molar-refractivity contribution >= 4 is 17.3 Å². The number of ether oxygens (including phenoxy) is 1. The third kappa shape index (κ3) is 3.69. The fourth-order valence-corrected chi connectivity index (χ4v) is 3.77. The summed E-state index contributed by atoms with van der Waals surface area (Å²) in [4.78, 5) is 14.7. The maximum absolute atomic E-state index is 12.4. The second-order valence-electron chi connectivity index (χ2n) is 6.84. The summed E-state index contributed by atoms with van der Waals surface area (Å²) >= 11 is 0. The molecule has 0 spiro atoms. The molecule has 2 heterocycles. The van der Waals surface area contributed by atoms with Gasteiger partial charge in [0.15, 0.2) is 0 Å². The predicted molar refractivity (Wildman–Crippen MR) is 99.9 cm³/mol. The van der Waals surface area contributed by atoms with Crippen molar-refractivity contribution in [2.24, 2.45) is 0 Å². The van der Waals surface area contributed by atoms with Gasteiger partial charge in [0.25, 0.3) is 0 Å². The summed E-state index contributed by atoms with van der Waals surface area (Å²) in [7, 11) is 0. The maximum Gasteiger partial charge on any atom is 0.226 e. The normalized spacial score (nSPS) is 19.0. The molecule has 2 aromatic carbocycles. The van der Waals surface area contributed by atoms with E-state index >= 15 is 0 Å². The van der Waals surface area contributed by atoms with Gasteiger partial charge in [0.2, 0.25) is 5.91 Å². The standard InChI is InChI=1S/C21H24N2O2/c24-21(14-18-8-5-13-25-18)22-19-9-3-1-7-17(19)15-23-12-11-16-6-2-4-10-20(16)23/h1-4,6-7,9-10,18H,5,8,11-15H2,(H,22,24)/t18-/m1/s1. The Kier molecular flexibility index (Phi) is 4.70. The summed E-state index contributed by atoms with van der Waals surface area (Å²) < 4.78 is 5.57. The van der Waals surface area contributed by atoms with E-state index in [1.54, 1.807) is 0 Å². The smallest absolute Gasteiger partial charge is 0.226 e. The SMILES string of the molecule is O=C(C[C@H]1CCCO1)Nc1ccccc1CN1CCc2ccccc21. The van der Waals surface area contributed by atoms with E-state index in [2.05, 4.69) is 40.5 Å². The number of benzene rings is 2. The molecule has 4 heteroatoms. The molecule has 25 heavy (non-hydrogen) atoms. The lowest BCUT2D eigenvalue weighted by Crippen LogP contribution is -2.23. The van der Waals surface area contributed by atoms with E-state index in [0.29, 0.717) is 6.42 Å². The number of para-hydroxylation sites is 2. The van der Waals surface area contributed by atoms with Gasteiger partial charge in [0.1, 0.15) is 0 Å². The molecule has 2 aliphatic heterocycles. The van der Waals surface area contributed by atoms with Crippen molar-refractivity contribution in [1.82, 2.24) is 0 Å². The van der Waals surface area contributed by atoms with Crippen LogP contribution in [0, 0.1) is 0 Å². The number of hydrogen-bond acceptors (Lipinski definition) is 3. The molecule has 1 atom stereocenters. The second kappa shape index (κ2) is 7.28. The topological polar surface area (TPSA) is 41.6 Å². The highest BCUT2D eigenvalue weighted by atomic mass is 16.5. The zero-order valence-electron chi connectivity index (χ0n) is 14.4. The van der Waals surface area contributed by atoms with Crippen LogP contribution in [-0.4, -0.2) is 25.2 Å². The van der Waals surface area contributed by atoms with E-state index in [1.807, 2.05) is 18.2 Å². The highest BCUT2D eigenvalue weighted by Gasteiger charge is 2.21. The third-order valence-corrected chi connectivity index (χ3v) is 5.07. The van der Waals surface area contributed by atoms with E-state index in [4.69, 9.17) is 4.74 Å². The molecule has 0 bridgehead atoms. The number of nitrogens with zero attached hydrogens (tertiary/aromatic N) is 1. The van der Waals surface area contributed by atoms with Crippen molar-refractivity contribution in [3.8, 4) is 0 Å². The van der Waals surface area contributed by atoms with Gasteiger partial charge in [-0.15, -0.1) is 0 Å². The second-order valence-corrected chi connectivity index (χ2v) is 6.84. The Labute approximate surface area is 148 Å². The number of fused-ring (bicyclic) bond motifs is 1. The van der Waals surface area contributed by atoms with Crippen LogP contribution < -0.4 is 10.2 Å². The molecule has 1 saturated heterocycles. The van der Waals surface area contributed by atoms with Crippen LogP contribution in [0.4, 0.5) is 11.4 Å². The van der Waals surface area contributed by atoms with Gasteiger partial charge < -0.3 is 15.0 Å². The van der Waals surface area contributed by atoms with E-state index in [1.165, 1.54) is 11.3 Å². The molecule has 2 aromatic rings. The summed E-state index contributed by atoms with van der Waals surface area (Å²) in [5, 5.41) is 3.09.